The minimum absolute atomic E-state index is 0.00627. The summed E-state index contributed by atoms with van der Waals surface area (Å²) in [7, 11) is -4.06. The van der Waals surface area contributed by atoms with Gasteiger partial charge in [0.2, 0.25) is 10.0 Å². The Balaban J connectivity index is 1.31. The predicted molar refractivity (Wildman–Crippen MR) is 178 cm³/mol. The molecule has 258 valence electrons. The third-order valence-corrected chi connectivity index (χ3v) is 11.3. The number of benzene rings is 2. The van der Waals surface area contributed by atoms with Gasteiger partial charge in [0, 0.05) is 18.8 Å². The zero-order valence-corrected chi connectivity index (χ0v) is 28.8. The lowest BCUT2D eigenvalue weighted by Gasteiger charge is -2.31. The molecule has 2 aromatic carbocycles. The van der Waals surface area contributed by atoms with E-state index < -0.39 is 40.7 Å². The molecule has 14 heteroatoms. The Labute approximate surface area is 280 Å². The number of hydrogen-bond acceptors (Lipinski definition) is 11. The lowest BCUT2D eigenvalue weighted by Crippen LogP contribution is -2.51. The van der Waals surface area contributed by atoms with Gasteiger partial charge in [-0.2, -0.15) is 4.31 Å². The molecule has 3 N–H and O–H groups in total. The second-order valence-electron chi connectivity index (χ2n) is 12.7. The number of carbonyl (C=O) groups excluding carboxylic acids is 1. The van der Waals surface area contributed by atoms with E-state index in [1.807, 2.05) is 45.0 Å². The fourth-order valence-electron chi connectivity index (χ4n) is 5.91. The van der Waals surface area contributed by atoms with Crippen LogP contribution in [0.4, 0.5) is 4.79 Å². The molecule has 0 bridgehead atoms. The Bertz CT molecular complexity index is 1520. The minimum Gasteiger partial charge on any atom is -0.508 e. The molecular weight excluding hydrogens is 647 g/mol. The largest absolute Gasteiger partial charge is 0.508 e. The molecule has 0 aliphatic carbocycles. The first-order valence-corrected chi connectivity index (χ1v) is 18.4. The van der Waals surface area contributed by atoms with Crippen molar-refractivity contribution in [1.82, 2.24) is 9.62 Å². The van der Waals surface area contributed by atoms with Crippen LogP contribution >= 0.6 is 11.8 Å². The van der Waals surface area contributed by atoms with Gasteiger partial charge in [-0.25, -0.2) is 13.2 Å². The Kier molecular flexibility index (Phi) is 11.7. The number of nitrogens with zero attached hydrogens (tertiary/aromatic N) is 2. The average Bonchev–Trinajstić information content (AvgIpc) is 3.76. The van der Waals surface area contributed by atoms with Gasteiger partial charge in [-0.15, -0.1) is 11.8 Å². The number of phenolic OH excluding ortho intramolecular Hbond substituents is 1. The first-order chi connectivity index (χ1) is 22.4. The first kappa shape index (κ1) is 35.4. The highest BCUT2D eigenvalue weighted by atomic mass is 32.2. The van der Waals surface area contributed by atoms with E-state index in [1.165, 1.54) is 22.5 Å². The zero-order valence-electron chi connectivity index (χ0n) is 27.2. The summed E-state index contributed by atoms with van der Waals surface area (Å²) in [5.41, 5.74) is 1.22. The fourth-order valence-corrected chi connectivity index (χ4v) is 8.44. The number of aliphatic hydroxyl groups excluding tert-OH is 1. The van der Waals surface area contributed by atoms with Gasteiger partial charge >= 0.3 is 6.09 Å². The first-order valence-electron chi connectivity index (χ1n) is 16.0. The van der Waals surface area contributed by atoms with E-state index in [0.29, 0.717) is 30.9 Å². The van der Waals surface area contributed by atoms with Crippen molar-refractivity contribution >= 4 is 32.9 Å². The summed E-state index contributed by atoms with van der Waals surface area (Å²) in [5.74, 6) is 1.44. The number of alkyl carbamates (subject to hydrolysis) is 1. The van der Waals surface area contributed by atoms with Crippen molar-refractivity contribution in [1.29, 1.82) is 0 Å². The molecule has 3 aliphatic rings. The summed E-state index contributed by atoms with van der Waals surface area (Å²) in [4.78, 5) is 17.8. The molecule has 47 heavy (non-hydrogen) atoms. The monoisotopic (exact) mass is 691 g/mol. The number of carbonyl (C=O) groups is 1. The van der Waals surface area contributed by atoms with Gasteiger partial charge in [-0.1, -0.05) is 26.0 Å². The average molecular weight is 692 g/mol. The highest BCUT2D eigenvalue weighted by Crippen LogP contribution is 2.33. The summed E-state index contributed by atoms with van der Waals surface area (Å²) in [6.45, 7) is 8.45. The molecule has 5 rings (SSSR count). The lowest BCUT2D eigenvalue weighted by molar-refractivity contribution is -0.0907. The lowest BCUT2D eigenvalue weighted by atomic mass is 10.0. The SMILES string of the molecule is CC1=NC(COc2ccc(C[C@H](NC(=O)O[C@H]3COC4OCCC43)[C@H](O)CN(CC(C)C)S(=O)(=O)c3ccc(O)c(C)c3)cc2)CS1. The number of aromatic hydroxyl groups is 1. The molecule has 3 aliphatic heterocycles. The summed E-state index contributed by atoms with van der Waals surface area (Å²) >= 11 is 1.72. The highest BCUT2D eigenvalue weighted by molar-refractivity contribution is 8.14. The van der Waals surface area contributed by atoms with E-state index in [9.17, 15) is 23.4 Å². The molecule has 1 amide bonds. The molecule has 0 aromatic heterocycles. The summed E-state index contributed by atoms with van der Waals surface area (Å²) in [6.07, 6.45) is -1.99. The normalized spacial score (nSPS) is 23.9. The van der Waals surface area contributed by atoms with Crippen molar-refractivity contribution in [2.75, 3.05) is 38.7 Å². The second kappa shape index (κ2) is 15.6. The number of rotatable bonds is 14. The standard InChI is InChI=1S/C33H45N3O9S2/c1-20(2)15-36(47(40,41)26-9-10-29(37)21(3)13-26)16-30(38)28(35-33(39)45-31-18-44-32-27(31)11-12-42-32)14-23-5-7-25(8-6-23)43-17-24-19-46-22(4)34-24/h5-10,13,20,24,27-28,30-32,37-38H,11-12,14-19H2,1-4H3,(H,35,39)/t24?,27?,28-,30+,31-,32?/m0/s1. The van der Waals surface area contributed by atoms with Crippen molar-refractivity contribution in [2.24, 2.45) is 16.8 Å². The van der Waals surface area contributed by atoms with E-state index in [0.717, 1.165) is 16.4 Å². The van der Waals surface area contributed by atoms with E-state index >= 15 is 0 Å². The Morgan fingerprint density at radius 1 is 1.15 bits per heavy atom. The maximum atomic E-state index is 13.8. The number of ether oxygens (including phenoxy) is 4. The molecular formula is C33H45N3O9S2. The molecule has 2 fully saturated rings. The highest BCUT2D eigenvalue weighted by Gasteiger charge is 2.44. The van der Waals surface area contributed by atoms with Crippen molar-refractivity contribution in [3.05, 3.63) is 53.6 Å². The van der Waals surface area contributed by atoms with Crippen molar-refractivity contribution in [2.45, 2.75) is 76.0 Å². The second-order valence-corrected chi connectivity index (χ2v) is 15.9. The molecule has 0 saturated carbocycles. The smallest absolute Gasteiger partial charge is 0.407 e. The van der Waals surface area contributed by atoms with Crippen LogP contribution < -0.4 is 10.1 Å². The molecule has 6 atom stereocenters. The van der Waals surface area contributed by atoms with Gasteiger partial charge in [-0.3, -0.25) is 4.99 Å². The number of phenols is 1. The Morgan fingerprint density at radius 3 is 2.60 bits per heavy atom. The van der Waals surface area contributed by atoms with Crippen LogP contribution in [0.15, 0.2) is 52.4 Å². The number of thioether (sulfide) groups is 1. The fraction of sp³-hybridized carbons (Fsp3) is 0.576. The summed E-state index contributed by atoms with van der Waals surface area (Å²) < 4.78 is 51.6. The third kappa shape index (κ3) is 9.18. The van der Waals surface area contributed by atoms with Crippen LogP contribution in [-0.2, 0) is 30.7 Å². The van der Waals surface area contributed by atoms with Crippen LogP contribution in [0.25, 0.3) is 0 Å². The van der Waals surface area contributed by atoms with Gasteiger partial charge in [0.05, 0.1) is 47.3 Å². The van der Waals surface area contributed by atoms with E-state index in [-0.39, 0.29) is 54.6 Å². The van der Waals surface area contributed by atoms with Crippen LogP contribution in [0.5, 0.6) is 11.5 Å². The van der Waals surface area contributed by atoms with Crippen LogP contribution in [0.1, 0.15) is 38.3 Å². The number of aliphatic hydroxyl groups is 1. The van der Waals surface area contributed by atoms with E-state index in [2.05, 4.69) is 10.3 Å². The van der Waals surface area contributed by atoms with Gasteiger partial charge in [-0.05, 0) is 74.1 Å². The van der Waals surface area contributed by atoms with Crippen LogP contribution in [0.2, 0.25) is 0 Å². The number of sulfonamides is 1. The number of aliphatic imine (C=N–C) groups is 1. The molecule has 2 saturated heterocycles. The molecule has 3 heterocycles. The number of amides is 1. The Morgan fingerprint density at radius 2 is 1.91 bits per heavy atom. The number of fused-ring (bicyclic) bond motifs is 1. The maximum absolute atomic E-state index is 13.8. The predicted octanol–water partition coefficient (Wildman–Crippen LogP) is 3.72. The maximum Gasteiger partial charge on any atom is 0.407 e. The van der Waals surface area contributed by atoms with Gasteiger partial charge < -0.3 is 34.5 Å². The quantitative estimate of drug-likeness (QED) is 0.267. The van der Waals surface area contributed by atoms with Crippen LogP contribution in [0.3, 0.4) is 0 Å². The number of nitrogens with one attached hydrogen (secondary N) is 1. The molecule has 3 unspecified atom stereocenters. The van der Waals surface area contributed by atoms with E-state index in [1.54, 1.807) is 18.7 Å². The van der Waals surface area contributed by atoms with Gasteiger partial charge in [0.15, 0.2) is 6.29 Å². The third-order valence-electron chi connectivity index (χ3n) is 8.45. The van der Waals surface area contributed by atoms with Crippen LogP contribution in [0, 0.1) is 18.8 Å². The molecule has 2 aromatic rings. The summed E-state index contributed by atoms with van der Waals surface area (Å²) in [5, 5.41) is 25.4. The zero-order chi connectivity index (χ0) is 33.7. The van der Waals surface area contributed by atoms with Gasteiger partial charge in [0.25, 0.3) is 0 Å². The van der Waals surface area contributed by atoms with Crippen molar-refractivity contribution in [3.63, 3.8) is 0 Å². The molecule has 12 nitrogen and oxygen atoms in total. The molecule has 0 spiro atoms. The van der Waals surface area contributed by atoms with Crippen molar-refractivity contribution < 1.29 is 42.4 Å². The number of hydrogen-bond donors (Lipinski definition) is 3. The minimum atomic E-state index is -4.06. The van der Waals surface area contributed by atoms with Gasteiger partial charge in [0.1, 0.15) is 24.2 Å². The Hall–Kier alpha value is -2.88. The molecule has 0 radical (unpaired) electrons. The van der Waals surface area contributed by atoms with E-state index in [4.69, 9.17) is 18.9 Å². The number of aryl methyl sites for hydroxylation is 1. The van der Waals surface area contributed by atoms with Crippen molar-refractivity contribution in [3.8, 4) is 11.5 Å². The van der Waals surface area contributed by atoms with Crippen LogP contribution in [-0.4, -0.2) is 103 Å². The topological polar surface area (TPSA) is 156 Å². The summed E-state index contributed by atoms with van der Waals surface area (Å²) in [6, 6.07) is 10.7.